The summed E-state index contributed by atoms with van der Waals surface area (Å²) in [5, 5.41) is 9.97. The summed E-state index contributed by atoms with van der Waals surface area (Å²) in [7, 11) is 0. The maximum atomic E-state index is 9.97. The molecule has 13 heavy (non-hydrogen) atoms. The topological polar surface area (TPSA) is 46.2 Å². The van der Waals surface area contributed by atoms with E-state index in [0.717, 1.165) is 12.3 Å². The molecule has 2 rings (SSSR count). The second-order valence-electron chi connectivity index (χ2n) is 4.88. The summed E-state index contributed by atoms with van der Waals surface area (Å²) in [4.78, 5) is 0. The SMILES string of the molecule is NC(CC1CC1)C(O)C1CCCC1. The van der Waals surface area contributed by atoms with Crippen molar-refractivity contribution in [3.63, 3.8) is 0 Å². The highest BCUT2D eigenvalue weighted by atomic mass is 16.3. The molecule has 76 valence electrons. The number of hydrogen-bond acceptors (Lipinski definition) is 2. The van der Waals surface area contributed by atoms with Gasteiger partial charge in [-0.15, -0.1) is 0 Å². The molecule has 0 aliphatic heterocycles. The molecular weight excluding hydrogens is 162 g/mol. The molecule has 2 heteroatoms. The number of rotatable bonds is 4. The predicted octanol–water partition coefficient (Wildman–Crippen LogP) is 1.66. The fourth-order valence-electron chi connectivity index (χ4n) is 2.53. The van der Waals surface area contributed by atoms with E-state index in [1.807, 2.05) is 0 Å². The molecule has 0 amide bonds. The van der Waals surface area contributed by atoms with E-state index in [9.17, 15) is 5.11 Å². The molecule has 0 heterocycles. The average molecular weight is 183 g/mol. The minimum absolute atomic E-state index is 0.0515. The van der Waals surface area contributed by atoms with Crippen LogP contribution < -0.4 is 5.73 Å². The quantitative estimate of drug-likeness (QED) is 0.696. The van der Waals surface area contributed by atoms with Gasteiger partial charge in [-0.2, -0.15) is 0 Å². The first-order valence-electron chi connectivity index (χ1n) is 5.71. The van der Waals surface area contributed by atoms with Crippen LogP contribution in [-0.4, -0.2) is 17.3 Å². The monoisotopic (exact) mass is 183 g/mol. The van der Waals surface area contributed by atoms with Gasteiger partial charge in [0.1, 0.15) is 0 Å². The van der Waals surface area contributed by atoms with Crippen LogP contribution in [0.2, 0.25) is 0 Å². The Kier molecular flexibility index (Phi) is 2.89. The third-order valence-electron chi connectivity index (χ3n) is 3.62. The highest BCUT2D eigenvalue weighted by Gasteiger charge is 2.32. The molecule has 0 aromatic heterocycles. The number of aliphatic hydroxyl groups excluding tert-OH is 1. The molecule has 2 atom stereocenters. The first kappa shape index (κ1) is 9.47. The lowest BCUT2D eigenvalue weighted by molar-refractivity contribution is 0.0797. The Labute approximate surface area is 80.5 Å². The third-order valence-corrected chi connectivity index (χ3v) is 3.62. The van der Waals surface area contributed by atoms with Crippen molar-refractivity contribution in [3.8, 4) is 0 Å². The number of aliphatic hydroxyl groups is 1. The molecule has 0 aromatic carbocycles. The second kappa shape index (κ2) is 3.97. The van der Waals surface area contributed by atoms with Crippen molar-refractivity contribution in [2.45, 2.75) is 57.1 Å². The Morgan fingerprint density at radius 1 is 1.15 bits per heavy atom. The zero-order valence-electron chi connectivity index (χ0n) is 8.28. The van der Waals surface area contributed by atoms with E-state index >= 15 is 0 Å². The van der Waals surface area contributed by atoms with Gasteiger partial charge in [0.05, 0.1) is 6.10 Å². The van der Waals surface area contributed by atoms with Crippen molar-refractivity contribution in [2.75, 3.05) is 0 Å². The Hall–Kier alpha value is -0.0800. The van der Waals surface area contributed by atoms with Crippen LogP contribution >= 0.6 is 0 Å². The van der Waals surface area contributed by atoms with Crippen LogP contribution in [0.1, 0.15) is 44.9 Å². The fraction of sp³-hybridized carbons (Fsp3) is 1.00. The van der Waals surface area contributed by atoms with Gasteiger partial charge in [-0.3, -0.25) is 0 Å². The summed E-state index contributed by atoms with van der Waals surface area (Å²) in [5.41, 5.74) is 5.99. The molecule has 2 aliphatic rings. The normalized spacial score (nSPS) is 29.1. The lowest BCUT2D eigenvalue weighted by Gasteiger charge is -2.24. The van der Waals surface area contributed by atoms with Crippen LogP contribution in [0.15, 0.2) is 0 Å². The van der Waals surface area contributed by atoms with Gasteiger partial charge < -0.3 is 10.8 Å². The van der Waals surface area contributed by atoms with E-state index in [0.29, 0.717) is 5.92 Å². The lowest BCUT2D eigenvalue weighted by Crippen LogP contribution is -2.39. The van der Waals surface area contributed by atoms with Crippen molar-refractivity contribution in [3.05, 3.63) is 0 Å². The Morgan fingerprint density at radius 3 is 2.31 bits per heavy atom. The Balaban J connectivity index is 1.76. The fourth-order valence-corrected chi connectivity index (χ4v) is 2.53. The van der Waals surface area contributed by atoms with Gasteiger partial charge >= 0.3 is 0 Å². The van der Waals surface area contributed by atoms with Crippen molar-refractivity contribution in [1.82, 2.24) is 0 Å². The third kappa shape index (κ3) is 2.44. The number of nitrogens with two attached hydrogens (primary N) is 1. The molecule has 0 bridgehead atoms. The summed E-state index contributed by atoms with van der Waals surface area (Å²) < 4.78 is 0. The molecule has 2 unspecified atom stereocenters. The van der Waals surface area contributed by atoms with E-state index in [2.05, 4.69) is 0 Å². The summed E-state index contributed by atoms with van der Waals surface area (Å²) in [6.07, 6.45) is 8.48. The maximum absolute atomic E-state index is 9.97. The highest BCUT2D eigenvalue weighted by Crippen LogP contribution is 2.36. The molecule has 2 saturated carbocycles. The lowest BCUT2D eigenvalue weighted by atomic mass is 9.92. The van der Waals surface area contributed by atoms with Gasteiger partial charge in [0, 0.05) is 6.04 Å². The van der Waals surface area contributed by atoms with Crippen molar-refractivity contribution in [2.24, 2.45) is 17.6 Å². The second-order valence-corrected chi connectivity index (χ2v) is 4.88. The van der Waals surface area contributed by atoms with Crippen LogP contribution in [0.5, 0.6) is 0 Å². The molecule has 2 aliphatic carbocycles. The number of hydrogen-bond donors (Lipinski definition) is 2. The standard InChI is InChI=1S/C11H21NO/c12-10(7-8-5-6-8)11(13)9-3-1-2-4-9/h8-11,13H,1-7,12H2. The van der Waals surface area contributed by atoms with Crippen molar-refractivity contribution < 1.29 is 5.11 Å². The van der Waals surface area contributed by atoms with E-state index < -0.39 is 0 Å². The Bertz CT molecular complexity index is 161. The molecular formula is C11H21NO. The smallest absolute Gasteiger partial charge is 0.0719 e. The van der Waals surface area contributed by atoms with Gasteiger partial charge in [-0.25, -0.2) is 0 Å². The summed E-state index contributed by atoms with van der Waals surface area (Å²) in [5.74, 6) is 1.35. The van der Waals surface area contributed by atoms with Gasteiger partial charge in [-0.05, 0) is 31.1 Å². The van der Waals surface area contributed by atoms with Crippen LogP contribution in [0.3, 0.4) is 0 Å². The van der Waals surface area contributed by atoms with Crippen LogP contribution in [0.25, 0.3) is 0 Å². The van der Waals surface area contributed by atoms with Gasteiger partial charge in [0.2, 0.25) is 0 Å². The largest absolute Gasteiger partial charge is 0.391 e. The first-order chi connectivity index (χ1) is 6.27. The van der Waals surface area contributed by atoms with Crippen LogP contribution in [0.4, 0.5) is 0 Å². The highest BCUT2D eigenvalue weighted by molar-refractivity contribution is 4.86. The minimum Gasteiger partial charge on any atom is -0.391 e. The zero-order chi connectivity index (χ0) is 9.26. The van der Waals surface area contributed by atoms with Crippen LogP contribution in [0, 0.1) is 11.8 Å². The Morgan fingerprint density at radius 2 is 1.77 bits per heavy atom. The van der Waals surface area contributed by atoms with E-state index in [-0.39, 0.29) is 12.1 Å². The minimum atomic E-state index is -0.219. The van der Waals surface area contributed by atoms with E-state index in [1.165, 1.54) is 38.5 Å². The predicted molar refractivity (Wildman–Crippen MR) is 53.3 cm³/mol. The molecule has 0 aromatic rings. The summed E-state index contributed by atoms with van der Waals surface area (Å²) in [6, 6.07) is 0.0515. The zero-order valence-corrected chi connectivity index (χ0v) is 8.28. The summed E-state index contributed by atoms with van der Waals surface area (Å²) >= 11 is 0. The van der Waals surface area contributed by atoms with Gasteiger partial charge in [0.25, 0.3) is 0 Å². The molecule has 2 fully saturated rings. The maximum Gasteiger partial charge on any atom is 0.0719 e. The van der Waals surface area contributed by atoms with E-state index in [4.69, 9.17) is 5.73 Å². The summed E-state index contributed by atoms with van der Waals surface area (Å²) in [6.45, 7) is 0. The molecule has 3 N–H and O–H groups in total. The van der Waals surface area contributed by atoms with Gasteiger partial charge in [0.15, 0.2) is 0 Å². The molecule has 0 radical (unpaired) electrons. The first-order valence-corrected chi connectivity index (χ1v) is 5.71. The molecule has 2 nitrogen and oxygen atoms in total. The van der Waals surface area contributed by atoms with E-state index in [1.54, 1.807) is 0 Å². The van der Waals surface area contributed by atoms with Crippen molar-refractivity contribution >= 4 is 0 Å². The average Bonchev–Trinajstić information content (AvgIpc) is 2.78. The van der Waals surface area contributed by atoms with Crippen LogP contribution in [-0.2, 0) is 0 Å². The molecule has 0 spiro atoms. The van der Waals surface area contributed by atoms with Gasteiger partial charge in [-0.1, -0.05) is 25.7 Å². The molecule has 0 saturated heterocycles. The van der Waals surface area contributed by atoms with Crippen molar-refractivity contribution in [1.29, 1.82) is 0 Å².